The number of nitrogens with zero attached hydrogens (tertiary/aromatic N) is 1. The zero-order chi connectivity index (χ0) is 12.8. The third kappa shape index (κ3) is 3.81. The number of carbonyl (C=O) groups is 3. The topological polar surface area (TPSA) is 75.7 Å². The van der Waals surface area contributed by atoms with E-state index in [1.165, 1.54) is 11.8 Å². The van der Waals surface area contributed by atoms with Gasteiger partial charge >= 0.3 is 0 Å². The van der Waals surface area contributed by atoms with Crippen LogP contribution in [0.1, 0.15) is 20.3 Å². The summed E-state index contributed by atoms with van der Waals surface area (Å²) in [7, 11) is 0. The summed E-state index contributed by atoms with van der Waals surface area (Å²) in [6, 6.07) is -0.615. The van der Waals surface area contributed by atoms with Gasteiger partial charge in [0.15, 0.2) is 0 Å². The molecule has 96 valence electrons. The van der Waals surface area contributed by atoms with Gasteiger partial charge in [0.1, 0.15) is 11.8 Å². The molecule has 0 spiro atoms. The summed E-state index contributed by atoms with van der Waals surface area (Å²) in [5.41, 5.74) is 0. The summed E-state index contributed by atoms with van der Waals surface area (Å²) in [5.74, 6) is -0.739. The molecule has 0 saturated carbocycles. The van der Waals surface area contributed by atoms with E-state index < -0.39 is 6.04 Å². The highest BCUT2D eigenvalue weighted by atomic mass is 16.5. The van der Waals surface area contributed by atoms with Gasteiger partial charge in [0.05, 0.1) is 19.6 Å². The molecule has 1 saturated heterocycles. The zero-order valence-corrected chi connectivity index (χ0v) is 10.2. The van der Waals surface area contributed by atoms with E-state index in [0.717, 1.165) is 0 Å². The molecular weight excluding hydrogens is 224 g/mol. The fourth-order valence-electron chi connectivity index (χ4n) is 1.73. The van der Waals surface area contributed by atoms with Crippen molar-refractivity contribution in [2.75, 3.05) is 26.3 Å². The van der Waals surface area contributed by atoms with Crippen LogP contribution in [0.2, 0.25) is 0 Å². The Balaban J connectivity index is 2.68. The Hall–Kier alpha value is -1.43. The molecule has 0 aromatic rings. The molecule has 2 amide bonds. The molecule has 1 unspecified atom stereocenters. The van der Waals surface area contributed by atoms with Gasteiger partial charge in [-0.25, -0.2) is 0 Å². The number of hydrogen-bond donors (Lipinski definition) is 1. The highest BCUT2D eigenvalue weighted by molar-refractivity contribution is 5.98. The van der Waals surface area contributed by atoms with Crippen LogP contribution in [0, 0.1) is 0 Å². The molecule has 0 aromatic heterocycles. The van der Waals surface area contributed by atoms with Crippen LogP contribution in [0.25, 0.3) is 0 Å². The number of hydrogen-bond acceptors (Lipinski definition) is 4. The van der Waals surface area contributed by atoms with E-state index in [1.807, 2.05) is 6.92 Å². The second-order valence-corrected chi connectivity index (χ2v) is 3.95. The fraction of sp³-hybridized carbons (Fsp3) is 0.727. The lowest BCUT2D eigenvalue weighted by molar-refractivity contribution is -0.149. The van der Waals surface area contributed by atoms with Crippen molar-refractivity contribution in [3.05, 3.63) is 0 Å². The predicted octanol–water partition coefficient (Wildman–Crippen LogP) is -0.671. The number of Topliss-reactive ketones (excluding diaryl/α,β-unsaturated/α-hetero) is 1. The summed E-state index contributed by atoms with van der Waals surface area (Å²) >= 11 is 0. The van der Waals surface area contributed by atoms with Crippen LogP contribution >= 0.6 is 0 Å². The van der Waals surface area contributed by atoms with Crippen molar-refractivity contribution in [3.8, 4) is 0 Å². The largest absolute Gasteiger partial charge is 0.377 e. The maximum atomic E-state index is 11.8. The van der Waals surface area contributed by atoms with E-state index in [9.17, 15) is 14.4 Å². The van der Waals surface area contributed by atoms with Crippen LogP contribution in [0.15, 0.2) is 0 Å². The summed E-state index contributed by atoms with van der Waals surface area (Å²) in [6.07, 6.45) is -0.157. The van der Waals surface area contributed by atoms with Gasteiger partial charge in [0, 0.05) is 13.1 Å². The molecule has 1 N–H and O–H groups in total. The minimum Gasteiger partial charge on any atom is -0.377 e. The van der Waals surface area contributed by atoms with Crippen molar-refractivity contribution in [2.45, 2.75) is 26.3 Å². The molecule has 0 aliphatic carbocycles. The maximum absolute atomic E-state index is 11.8. The summed E-state index contributed by atoms with van der Waals surface area (Å²) in [5, 5.41) is 2.66. The van der Waals surface area contributed by atoms with Crippen LogP contribution in [0.4, 0.5) is 0 Å². The molecule has 1 rings (SSSR count). The first-order chi connectivity index (χ1) is 8.06. The maximum Gasteiger partial charge on any atom is 0.245 e. The average molecular weight is 242 g/mol. The Kier molecular flexibility index (Phi) is 5.09. The molecule has 1 fully saturated rings. The SMILES string of the molecule is CCNC(=O)C1COCCN1C(=O)CC(C)=O. The molecule has 0 bridgehead atoms. The van der Waals surface area contributed by atoms with Crippen LogP contribution in [0.3, 0.4) is 0 Å². The number of ether oxygens (including phenoxy) is 1. The minimum absolute atomic E-state index is 0.157. The number of morpholine rings is 1. The van der Waals surface area contributed by atoms with Gasteiger partial charge < -0.3 is 15.0 Å². The van der Waals surface area contributed by atoms with Crippen molar-refractivity contribution < 1.29 is 19.1 Å². The second-order valence-electron chi connectivity index (χ2n) is 3.95. The molecule has 6 heteroatoms. The van der Waals surface area contributed by atoms with Gasteiger partial charge in [-0.3, -0.25) is 14.4 Å². The second kappa shape index (κ2) is 6.34. The van der Waals surface area contributed by atoms with Crippen LogP contribution in [-0.2, 0) is 19.1 Å². The fourth-order valence-corrected chi connectivity index (χ4v) is 1.73. The third-order valence-corrected chi connectivity index (χ3v) is 2.50. The van der Waals surface area contributed by atoms with Gasteiger partial charge in [0.25, 0.3) is 0 Å². The molecule has 6 nitrogen and oxygen atoms in total. The lowest BCUT2D eigenvalue weighted by Gasteiger charge is -2.34. The quantitative estimate of drug-likeness (QED) is 0.663. The Morgan fingerprint density at radius 3 is 2.71 bits per heavy atom. The first kappa shape index (κ1) is 13.6. The van der Waals surface area contributed by atoms with Crippen molar-refractivity contribution in [2.24, 2.45) is 0 Å². The highest BCUT2D eigenvalue weighted by Crippen LogP contribution is 2.09. The average Bonchev–Trinajstić information content (AvgIpc) is 2.28. The minimum atomic E-state index is -0.615. The van der Waals surface area contributed by atoms with Crippen LogP contribution < -0.4 is 5.32 Å². The zero-order valence-electron chi connectivity index (χ0n) is 10.2. The standard InChI is InChI=1S/C11H18N2O4/c1-3-12-11(16)9-7-17-5-4-13(9)10(15)6-8(2)14/h9H,3-7H2,1-2H3,(H,12,16). The third-order valence-electron chi connectivity index (χ3n) is 2.50. The monoisotopic (exact) mass is 242 g/mol. The van der Waals surface area contributed by atoms with E-state index >= 15 is 0 Å². The highest BCUT2D eigenvalue weighted by Gasteiger charge is 2.32. The van der Waals surface area contributed by atoms with Gasteiger partial charge in [-0.05, 0) is 13.8 Å². The lowest BCUT2D eigenvalue weighted by Crippen LogP contribution is -2.56. The van der Waals surface area contributed by atoms with Gasteiger partial charge in [-0.15, -0.1) is 0 Å². The molecule has 0 aromatic carbocycles. The Morgan fingerprint density at radius 1 is 1.41 bits per heavy atom. The molecule has 0 radical (unpaired) electrons. The van der Waals surface area contributed by atoms with E-state index in [4.69, 9.17) is 4.74 Å². The summed E-state index contributed by atoms with van der Waals surface area (Å²) in [4.78, 5) is 35.9. The molecular formula is C11H18N2O4. The van der Waals surface area contributed by atoms with Crippen LogP contribution in [-0.4, -0.2) is 54.8 Å². The number of nitrogens with one attached hydrogen (secondary N) is 1. The molecule has 17 heavy (non-hydrogen) atoms. The molecule has 1 heterocycles. The number of carbonyl (C=O) groups excluding carboxylic acids is 3. The molecule has 1 atom stereocenters. The van der Waals surface area contributed by atoms with Crippen LogP contribution in [0.5, 0.6) is 0 Å². The van der Waals surface area contributed by atoms with E-state index in [-0.39, 0.29) is 30.6 Å². The van der Waals surface area contributed by atoms with E-state index in [0.29, 0.717) is 19.7 Å². The van der Waals surface area contributed by atoms with E-state index in [2.05, 4.69) is 5.32 Å². The number of rotatable bonds is 4. The summed E-state index contributed by atoms with van der Waals surface area (Å²) < 4.78 is 5.20. The van der Waals surface area contributed by atoms with Crippen molar-refractivity contribution >= 4 is 17.6 Å². The van der Waals surface area contributed by atoms with Gasteiger partial charge in [0.2, 0.25) is 11.8 Å². The number of amides is 2. The summed E-state index contributed by atoms with van der Waals surface area (Å²) in [6.45, 7) is 4.62. The van der Waals surface area contributed by atoms with Crippen molar-refractivity contribution in [1.82, 2.24) is 10.2 Å². The van der Waals surface area contributed by atoms with Crippen molar-refractivity contribution in [1.29, 1.82) is 0 Å². The normalized spacial score (nSPS) is 19.9. The first-order valence-corrected chi connectivity index (χ1v) is 5.70. The van der Waals surface area contributed by atoms with Crippen molar-refractivity contribution in [3.63, 3.8) is 0 Å². The Labute approximate surface area is 100 Å². The Morgan fingerprint density at radius 2 is 2.12 bits per heavy atom. The predicted molar refractivity (Wildman–Crippen MR) is 60.3 cm³/mol. The van der Waals surface area contributed by atoms with E-state index in [1.54, 1.807) is 0 Å². The van der Waals surface area contributed by atoms with Gasteiger partial charge in [-0.1, -0.05) is 0 Å². The van der Waals surface area contributed by atoms with Gasteiger partial charge in [-0.2, -0.15) is 0 Å². The number of ketones is 1. The molecule has 1 aliphatic heterocycles. The lowest BCUT2D eigenvalue weighted by atomic mass is 10.1. The first-order valence-electron chi connectivity index (χ1n) is 5.70. The number of likely N-dealkylation sites (N-methyl/N-ethyl adjacent to an activating group) is 1. The molecule has 1 aliphatic rings. The Bertz CT molecular complexity index is 317. The smallest absolute Gasteiger partial charge is 0.245 e.